The van der Waals surface area contributed by atoms with Gasteiger partial charge in [-0.2, -0.15) is 5.26 Å². The molecule has 3 rings (SSSR count). The molecule has 2 aliphatic rings. The van der Waals surface area contributed by atoms with Crippen LogP contribution in [0.4, 0.5) is 11.4 Å². The normalized spacial score (nSPS) is 18.9. The number of benzene rings is 1. The second-order valence-electron chi connectivity index (χ2n) is 7.50. The van der Waals surface area contributed by atoms with Crippen molar-refractivity contribution in [1.82, 2.24) is 20.4 Å². The van der Waals surface area contributed by atoms with E-state index in [-0.39, 0.29) is 11.5 Å². The van der Waals surface area contributed by atoms with Gasteiger partial charge in [-0.1, -0.05) is 0 Å². The Bertz CT molecular complexity index is 726. The van der Waals surface area contributed by atoms with Crippen molar-refractivity contribution in [3.8, 4) is 6.07 Å². The minimum Gasteiger partial charge on any atom is -0.369 e. The topological polar surface area (TPSA) is 86.7 Å². The minimum absolute atomic E-state index is 0.0773. The first-order valence-corrected chi connectivity index (χ1v) is 10.3. The second-order valence-corrected chi connectivity index (χ2v) is 7.50. The average Bonchev–Trinajstić information content (AvgIpc) is 2.76. The summed E-state index contributed by atoms with van der Waals surface area (Å²) in [5, 5.41) is 18.5. The fourth-order valence-electron chi connectivity index (χ4n) is 3.49. The van der Waals surface area contributed by atoms with Crippen LogP contribution in [-0.2, 0) is 4.79 Å². The summed E-state index contributed by atoms with van der Waals surface area (Å²) in [4.78, 5) is 19.2. The Morgan fingerprint density at radius 1 is 1.14 bits per heavy atom. The quantitative estimate of drug-likeness (QED) is 0.450. The molecule has 2 saturated heterocycles. The van der Waals surface area contributed by atoms with Crippen LogP contribution in [0.5, 0.6) is 0 Å². The van der Waals surface area contributed by atoms with E-state index < -0.39 is 0 Å². The highest BCUT2D eigenvalue weighted by molar-refractivity contribution is 5.97. The minimum atomic E-state index is -0.343. The summed E-state index contributed by atoms with van der Waals surface area (Å²) in [6.07, 6.45) is 1.48. The number of carbonyl (C=O) groups is 1. The molecule has 0 atom stereocenters. The first-order chi connectivity index (χ1) is 14.2. The van der Waals surface area contributed by atoms with Crippen molar-refractivity contribution in [2.24, 2.45) is 0 Å². The number of anilines is 2. The highest BCUT2D eigenvalue weighted by atomic mass is 16.1. The van der Waals surface area contributed by atoms with E-state index in [0.717, 1.165) is 64.6 Å². The summed E-state index contributed by atoms with van der Waals surface area (Å²) in [6.45, 7) is 9.46. The summed E-state index contributed by atoms with van der Waals surface area (Å²) in [5.74, 6) is -0.343. The van der Waals surface area contributed by atoms with Gasteiger partial charge in [0.15, 0.2) is 0 Å². The Morgan fingerprint density at radius 3 is 2.48 bits per heavy atom. The molecule has 3 N–H and O–H groups in total. The van der Waals surface area contributed by atoms with Crippen LogP contribution < -0.4 is 20.9 Å². The van der Waals surface area contributed by atoms with Gasteiger partial charge in [0.25, 0.3) is 5.91 Å². The van der Waals surface area contributed by atoms with Crippen molar-refractivity contribution in [2.45, 2.75) is 0 Å². The van der Waals surface area contributed by atoms with Gasteiger partial charge in [0, 0.05) is 83.0 Å². The molecule has 1 aromatic carbocycles. The molecular weight excluding hydrogens is 366 g/mol. The molecule has 0 spiro atoms. The zero-order valence-corrected chi connectivity index (χ0v) is 17.2. The molecule has 0 bridgehead atoms. The van der Waals surface area contributed by atoms with Gasteiger partial charge in [-0.05, 0) is 31.3 Å². The maximum absolute atomic E-state index is 12.2. The molecule has 156 valence electrons. The number of rotatable bonds is 7. The number of nitriles is 1. The molecule has 1 aromatic rings. The predicted octanol–water partition coefficient (Wildman–Crippen LogP) is 0.279. The lowest BCUT2D eigenvalue weighted by Gasteiger charge is -2.34. The van der Waals surface area contributed by atoms with E-state index in [1.165, 1.54) is 11.9 Å². The predicted molar refractivity (Wildman–Crippen MR) is 116 cm³/mol. The summed E-state index contributed by atoms with van der Waals surface area (Å²) >= 11 is 0. The van der Waals surface area contributed by atoms with E-state index in [4.69, 9.17) is 0 Å². The summed E-state index contributed by atoms with van der Waals surface area (Å²) in [7, 11) is 2.14. The van der Waals surface area contributed by atoms with Gasteiger partial charge in [0.2, 0.25) is 0 Å². The van der Waals surface area contributed by atoms with E-state index in [0.29, 0.717) is 6.54 Å². The van der Waals surface area contributed by atoms with Crippen molar-refractivity contribution >= 4 is 17.3 Å². The highest BCUT2D eigenvalue weighted by Crippen LogP contribution is 2.19. The van der Waals surface area contributed by atoms with Gasteiger partial charge in [0.1, 0.15) is 11.6 Å². The Labute approximate surface area is 173 Å². The molecule has 8 nitrogen and oxygen atoms in total. The van der Waals surface area contributed by atoms with E-state index in [2.05, 4.69) is 49.8 Å². The SMILES string of the molecule is CN1CCN(c2ccc(N/C=C(/C#N)C(=O)NCCN3CCNCC3)cc2)CC1. The Kier molecular flexibility index (Phi) is 7.87. The second kappa shape index (κ2) is 10.8. The van der Waals surface area contributed by atoms with Crippen molar-refractivity contribution in [3.63, 3.8) is 0 Å². The van der Waals surface area contributed by atoms with Crippen LogP contribution in [0.25, 0.3) is 0 Å². The van der Waals surface area contributed by atoms with Gasteiger partial charge in [-0.3, -0.25) is 9.69 Å². The molecule has 0 unspecified atom stereocenters. The number of carbonyl (C=O) groups excluding carboxylic acids is 1. The highest BCUT2D eigenvalue weighted by Gasteiger charge is 2.14. The van der Waals surface area contributed by atoms with Crippen LogP contribution in [-0.4, -0.2) is 88.2 Å². The zero-order valence-electron chi connectivity index (χ0n) is 17.2. The first-order valence-electron chi connectivity index (χ1n) is 10.3. The molecular formula is C21H31N7O. The third-order valence-electron chi connectivity index (χ3n) is 5.41. The maximum atomic E-state index is 12.2. The van der Waals surface area contributed by atoms with Crippen molar-refractivity contribution < 1.29 is 4.79 Å². The standard InChI is InChI=1S/C21H31N7O/c1-26-12-14-28(15-13-26)20-4-2-19(3-5-20)25-17-18(16-22)21(29)24-8-11-27-9-6-23-7-10-27/h2-5,17,23,25H,6-15H2,1H3,(H,24,29)/b18-17-. The van der Waals surface area contributed by atoms with Crippen LogP contribution in [0.3, 0.4) is 0 Å². The lowest BCUT2D eigenvalue weighted by molar-refractivity contribution is -0.117. The molecule has 2 aliphatic heterocycles. The van der Waals surface area contributed by atoms with Crippen LogP contribution in [0.15, 0.2) is 36.0 Å². The van der Waals surface area contributed by atoms with Crippen LogP contribution >= 0.6 is 0 Å². The Balaban J connectivity index is 1.46. The van der Waals surface area contributed by atoms with Crippen LogP contribution in [0.1, 0.15) is 0 Å². The lowest BCUT2D eigenvalue weighted by Crippen LogP contribution is -2.46. The van der Waals surface area contributed by atoms with Crippen LogP contribution in [0.2, 0.25) is 0 Å². The molecule has 0 saturated carbocycles. The number of nitrogens with zero attached hydrogens (tertiary/aromatic N) is 4. The number of nitrogens with one attached hydrogen (secondary N) is 3. The fourth-order valence-corrected chi connectivity index (χ4v) is 3.49. The van der Waals surface area contributed by atoms with E-state index in [9.17, 15) is 10.1 Å². The third-order valence-corrected chi connectivity index (χ3v) is 5.41. The van der Waals surface area contributed by atoms with Crippen molar-refractivity contribution in [1.29, 1.82) is 5.26 Å². The van der Waals surface area contributed by atoms with Gasteiger partial charge >= 0.3 is 0 Å². The van der Waals surface area contributed by atoms with Gasteiger partial charge in [-0.25, -0.2) is 0 Å². The molecule has 2 fully saturated rings. The molecule has 0 aliphatic carbocycles. The van der Waals surface area contributed by atoms with Crippen molar-refractivity contribution in [2.75, 3.05) is 82.7 Å². The van der Waals surface area contributed by atoms with Crippen LogP contribution in [0, 0.1) is 11.3 Å². The van der Waals surface area contributed by atoms with E-state index in [1.807, 2.05) is 18.2 Å². The molecule has 0 radical (unpaired) electrons. The number of piperazine rings is 2. The Hall–Kier alpha value is -2.60. The van der Waals surface area contributed by atoms with Gasteiger partial charge < -0.3 is 25.8 Å². The van der Waals surface area contributed by atoms with E-state index >= 15 is 0 Å². The first kappa shape index (κ1) is 21.1. The molecule has 8 heteroatoms. The zero-order chi connectivity index (χ0) is 20.5. The molecule has 0 aromatic heterocycles. The van der Waals surface area contributed by atoms with E-state index in [1.54, 1.807) is 0 Å². The monoisotopic (exact) mass is 397 g/mol. The maximum Gasteiger partial charge on any atom is 0.263 e. The molecule has 2 heterocycles. The number of hydrogen-bond donors (Lipinski definition) is 3. The summed E-state index contributed by atoms with van der Waals surface area (Å²) < 4.78 is 0. The van der Waals surface area contributed by atoms with Gasteiger partial charge in [-0.15, -0.1) is 0 Å². The third kappa shape index (κ3) is 6.46. The number of likely N-dealkylation sites (N-methyl/N-ethyl adjacent to an activating group) is 1. The smallest absolute Gasteiger partial charge is 0.263 e. The van der Waals surface area contributed by atoms with Gasteiger partial charge in [0.05, 0.1) is 0 Å². The Morgan fingerprint density at radius 2 is 1.83 bits per heavy atom. The number of hydrogen-bond acceptors (Lipinski definition) is 7. The average molecular weight is 398 g/mol. The lowest BCUT2D eigenvalue weighted by atomic mass is 10.2. The summed E-state index contributed by atoms with van der Waals surface area (Å²) in [5.41, 5.74) is 2.12. The molecule has 29 heavy (non-hydrogen) atoms. The fraction of sp³-hybridized carbons (Fsp3) is 0.524. The summed E-state index contributed by atoms with van der Waals surface area (Å²) in [6, 6.07) is 10.1. The molecule has 1 amide bonds. The largest absolute Gasteiger partial charge is 0.369 e. The van der Waals surface area contributed by atoms with Crippen molar-refractivity contribution in [3.05, 3.63) is 36.0 Å². The number of amides is 1.